The first kappa shape index (κ1) is 38.1. The van der Waals surface area contributed by atoms with Crippen molar-refractivity contribution < 1.29 is 0 Å². The zero-order valence-corrected chi connectivity index (χ0v) is 36.7. The molecule has 0 N–H and O–H groups in total. The van der Waals surface area contributed by atoms with Crippen LogP contribution in [0.4, 0.5) is 34.1 Å². The molecule has 0 amide bonds. The van der Waals surface area contributed by atoms with Crippen molar-refractivity contribution in [3.63, 3.8) is 0 Å². The van der Waals surface area contributed by atoms with Gasteiger partial charge in [0.25, 0.3) is 0 Å². The molecule has 2 aromatic heterocycles. The van der Waals surface area contributed by atoms with E-state index in [-0.39, 0.29) is 0 Å². The Balaban J connectivity index is 1.08. The smallest absolute Gasteiger partial charge is 0.0661 e. The molecule has 0 aliphatic rings. The first-order valence-corrected chi connectivity index (χ1v) is 23.3. The van der Waals surface area contributed by atoms with Crippen LogP contribution in [0.15, 0.2) is 249 Å². The molecule has 2 heterocycles. The highest BCUT2D eigenvalue weighted by molar-refractivity contribution is 7.26. The van der Waals surface area contributed by atoms with Gasteiger partial charge in [-0.3, -0.25) is 0 Å². The van der Waals surface area contributed by atoms with Crippen LogP contribution >= 0.6 is 11.3 Å². The summed E-state index contributed by atoms with van der Waals surface area (Å²) < 4.78 is 4.88. The average molecular weight is 860 g/mol. The van der Waals surface area contributed by atoms with Crippen molar-refractivity contribution in [1.82, 2.24) is 4.57 Å². The molecule has 13 aromatic rings. The number of thiophene rings is 1. The van der Waals surface area contributed by atoms with Crippen LogP contribution in [0.25, 0.3) is 80.3 Å². The lowest BCUT2D eigenvalue weighted by Crippen LogP contribution is -2.14. The number of benzene rings is 11. The van der Waals surface area contributed by atoms with E-state index in [1.807, 2.05) is 11.3 Å². The summed E-state index contributed by atoms with van der Waals surface area (Å²) in [5, 5.41) is 9.76. The molecule has 4 heteroatoms. The lowest BCUT2D eigenvalue weighted by Gasteiger charge is -2.31. The second kappa shape index (κ2) is 15.7. The number of hydrogen-bond donors (Lipinski definition) is 0. The van der Waals surface area contributed by atoms with Crippen LogP contribution in [-0.2, 0) is 0 Å². The number of anilines is 6. The summed E-state index contributed by atoms with van der Waals surface area (Å²) >= 11 is 1.88. The van der Waals surface area contributed by atoms with E-state index in [1.165, 1.54) is 74.6 Å². The maximum atomic E-state index is 2.48. The minimum Gasteiger partial charge on any atom is -0.310 e. The van der Waals surface area contributed by atoms with Crippen LogP contribution in [0.5, 0.6) is 0 Å². The van der Waals surface area contributed by atoms with Gasteiger partial charge in [-0.1, -0.05) is 170 Å². The van der Waals surface area contributed by atoms with Crippen LogP contribution in [0.2, 0.25) is 0 Å². The number of aromatic nitrogens is 1. The average Bonchev–Trinajstić information content (AvgIpc) is 3.93. The van der Waals surface area contributed by atoms with Gasteiger partial charge in [-0.05, 0) is 101 Å². The third-order valence-electron chi connectivity index (χ3n) is 13.1. The lowest BCUT2D eigenvalue weighted by molar-refractivity contribution is 1.18. The predicted molar refractivity (Wildman–Crippen MR) is 283 cm³/mol. The van der Waals surface area contributed by atoms with Crippen LogP contribution in [0, 0.1) is 0 Å². The highest BCUT2D eigenvalue weighted by atomic mass is 32.1. The molecule has 310 valence electrons. The quantitative estimate of drug-likeness (QED) is 0.151. The Bertz CT molecular complexity index is 3940. The number of rotatable bonds is 8. The van der Waals surface area contributed by atoms with Gasteiger partial charge >= 0.3 is 0 Å². The minimum absolute atomic E-state index is 1.09. The summed E-state index contributed by atoms with van der Waals surface area (Å²) in [4.78, 5) is 4.92. The Hall–Kier alpha value is -8.44. The van der Waals surface area contributed by atoms with E-state index in [0.717, 1.165) is 39.8 Å². The molecule has 66 heavy (non-hydrogen) atoms. The zero-order valence-electron chi connectivity index (χ0n) is 35.9. The molecule has 0 bridgehead atoms. The maximum Gasteiger partial charge on any atom is 0.0661 e. The molecular formula is C62H41N3S. The molecule has 0 aliphatic heterocycles. The van der Waals surface area contributed by atoms with E-state index in [1.54, 1.807) is 0 Å². The monoisotopic (exact) mass is 859 g/mol. The van der Waals surface area contributed by atoms with Gasteiger partial charge in [0.1, 0.15) is 0 Å². The molecule has 0 fully saturated rings. The largest absolute Gasteiger partial charge is 0.310 e. The standard InChI is InChI=1S/C62H41N3S/c1-4-22-46(23-5-1)63(56-32-16-20-42-18-10-12-28-50(42)56)49-40-55-54-37-35-45(44-34-36-53-52-30-14-15-31-58(52)64(59(53)38-44)47-24-6-2-7-25-47)39-61(54)66-62(55)60(41-49)65(48-26-8-3-9-27-48)57-33-17-21-43-19-11-13-29-51(43)57/h1-41H. The molecule has 0 spiro atoms. The Labute approximate surface area is 386 Å². The highest BCUT2D eigenvalue weighted by Crippen LogP contribution is 2.51. The summed E-state index contributed by atoms with van der Waals surface area (Å²) in [5.41, 5.74) is 12.6. The van der Waals surface area contributed by atoms with Gasteiger partial charge in [-0.15, -0.1) is 11.3 Å². The molecule has 0 saturated heterocycles. The molecule has 0 atom stereocenters. The van der Waals surface area contributed by atoms with Gasteiger partial charge in [-0.2, -0.15) is 0 Å². The Morgan fingerprint density at radius 2 is 0.818 bits per heavy atom. The van der Waals surface area contributed by atoms with E-state index >= 15 is 0 Å². The molecule has 0 radical (unpaired) electrons. The van der Waals surface area contributed by atoms with Crippen LogP contribution in [0.3, 0.4) is 0 Å². The van der Waals surface area contributed by atoms with E-state index in [0.29, 0.717) is 0 Å². The van der Waals surface area contributed by atoms with E-state index < -0.39 is 0 Å². The van der Waals surface area contributed by atoms with Gasteiger partial charge in [-0.25, -0.2) is 0 Å². The summed E-state index contributed by atoms with van der Waals surface area (Å²) in [5.74, 6) is 0. The molecule has 13 rings (SSSR count). The number of para-hydroxylation sites is 4. The topological polar surface area (TPSA) is 11.4 Å². The third-order valence-corrected chi connectivity index (χ3v) is 14.3. The summed E-state index contributed by atoms with van der Waals surface area (Å²) in [6.45, 7) is 0. The van der Waals surface area contributed by atoms with E-state index in [9.17, 15) is 0 Å². The number of fused-ring (bicyclic) bond motifs is 8. The fourth-order valence-corrected chi connectivity index (χ4v) is 11.3. The number of hydrogen-bond acceptors (Lipinski definition) is 3. The third kappa shape index (κ3) is 6.26. The first-order chi connectivity index (χ1) is 32.7. The lowest BCUT2D eigenvalue weighted by atomic mass is 10.0. The van der Waals surface area contributed by atoms with Crippen molar-refractivity contribution in [3.05, 3.63) is 249 Å². The summed E-state index contributed by atoms with van der Waals surface area (Å²) in [6.07, 6.45) is 0. The SMILES string of the molecule is c1ccc(N(c2cc(N(c3ccccc3)c3cccc4ccccc34)c3sc4cc(-c5ccc6c7ccccc7n(-c7ccccc7)c6c5)ccc4c3c2)c2cccc3ccccc23)cc1. The van der Waals surface area contributed by atoms with Gasteiger partial charge in [0.2, 0.25) is 0 Å². The Morgan fingerprint density at radius 1 is 0.303 bits per heavy atom. The van der Waals surface area contributed by atoms with Gasteiger partial charge < -0.3 is 14.4 Å². The van der Waals surface area contributed by atoms with Gasteiger partial charge in [0, 0.05) is 59.8 Å². The van der Waals surface area contributed by atoms with Crippen molar-refractivity contribution in [2.45, 2.75) is 0 Å². The summed E-state index contributed by atoms with van der Waals surface area (Å²) in [6, 6.07) is 90.8. The van der Waals surface area contributed by atoms with Crippen molar-refractivity contribution in [2.75, 3.05) is 9.80 Å². The number of nitrogens with zero attached hydrogens (tertiary/aromatic N) is 3. The van der Waals surface area contributed by atoms with Crippen LogP contribution in [0.1, 0.15) is 0 Å². The zero-order chi connectivity index (χ0) is 43.6. The summed E-state index contributed by atoms with van der Waals surface area (Å²) in [7, 11) is 0. The van der Waals surface area contributed by atoms with E-state index in [4.69, 9.17) is 0 Å². The minimum atomic E-state index is 1.09. The van der Waals surface area contributed by atoms with Crippen LogP contribution < -0.4 is 9.80 Å². The van der Waals surface area contributed by atoms with Crippen molar-refractivity contribution in [1.29, 1.82) is 0 Å². The Morgan fingerprint density at radius 3 is 1.50 bits per heavy atom. The maximum absolute atomic E-state index is 2.48. The Kier molecular flexibility index (Phi) is 9.03. The fourth-order valence-electron chi connectivity index (χ4n) is 10.1. The van der Waals surface area contributed by atoms with Crippen LogP contribution in [-0.4, -0.2) is 4.57 Å². The molecule has 0 aliphatic carbocycles. The predicted octanol–water partition coefficient (Wildman–Crippen LogP) is 18.1. The van der Waals surface area contributed by atoms with Crippen molar-refractivity contribution >= 4 is 109 Å². The fraction of sp³-hybridized carbons (Fsp3) is 0. The molecule has 0 unspecified atom stereocenters. The van der Waals surface area contributed by atoms with E-state index in [2.05, 4.69) is 263 Å². The van der Waals surface area contributed by atoms with Crippen molar-refractivity contribution in [3.8, 4) is 16.8 Å². The van der Waals surface area contributed by atoms with Gasteiger partial charge in [0.15, 0.2) is 0 Å². The first-order valence-electron chi connectivity index (χ1n) is 22.5. The molecular weight excluding hydrogens is 819 g/mol. The highest BCUT2D eigenvalue weighted by Gasteiger charge is 2.25. The molecule has 0 saturated carbocycles. The second-order valence-corrected chi connectivity index (χ2v) is 18.0. The normalized spacial score (nSPS) is 11.6. The van der Waals surface area contributed by atoms with Crippen molar-refractivity contribution in [2.24, 2.45) is 0 Å². The second-order valence-electron chi connectivity index (χ2n) is 16.9. The van der Waals surface area contributed by atoms with Gasteiger partial charge in [0.05, 0.1) is 32.8 Å². The molecule has 3 nitrogen and oxygen atoms in total. The molecule has 11 aromatic carbocycles.